The number of halogens is 1. The van der Waals surface area contributed by atoms with Gasteiger partial charge in [-0.25, -0.2) is 4.39 Å². The molecule has 0 spiro atoms. The highest BCUT2D eigenvalue weighted by Crippen LogP contribution is 2.31. The molecule has 0 saturated carbocycles. The fourth-order valence-electron chi connectivity index (χ4n) is 1.91. The van der Waals surface area contributed by atoms with Crippen LogP contribution in [0.15, 0.2) is 30.5 Å². The Bertz CT molecular complexity index is 749. The molecule has 0 bridgehead atoms. The summed E-state index contributed by atoms with van der Waals surface area (Å²) < 4.78 is 14.1. The summed E-state index contributed by atoms with van der Waals surface area (Å²) in [5.41, 5.74) is 0.788. The molecule has 6 heteroatoms. The lowest BCUT2D eigenvalue weighted by atomic mass is 10.1. The predicted molar refractivity (Wildman–Crippen MR) is 73.1 cm³/mol. The Hall–Kier alpha value is -2.21. The number of fused-ring (bicyclic) bond motifs is 1. The first kappa shape index (κ1) is 11.9. The third kappa shape index (κ3) is 2.10. The van der Waals surface area contributed by atoms with Gasteiger partial charge in [0.05, 0.1) is 11.1 Å². The van der Waals surface area contributed by atoms with E-state index in [1.165, 1.54) is 23.5 Å². The molecule has 0 aliphatic carbocycles. The normalized spacial score (nSPS) is 10.8. The second-order valence-corrected chi connectivity index (χ2v) is 5.17. The van der Waals surface area contributed by atoms with Crippen molar-refractivity contribution in [2.24, 2.45) is 0 Å². The second kappa shape index (κ2) is 4.47. The minimum atomic E-state index is -0.297. The van der Waals surface area contributed by atoms with Crippen LogP contribution in [0.4, 0.5) is 10.2 Å². The van der Waals surface area contributed by atoms with Crippen LogP contribution in [0.5, 0.6) is 0 Å². The molecule has 0 radical (unpaired) electrons. The minimum Gasteiger partial charge on any atom is -0.306 e. The summed E-state index contributed by atoms with van der Waals surface area (Å²) in [5, 5.41) is 9.91. The smallest absolute Gasteiger partial charge is 0.267 e. The molecule has 19 heavy (non-hydrogen) atoms. The highest BCUT2D eigenvalue weighted by molar-refractivity contribution is 7.21. The Kier molecular flexibility index (Phi) is 2.79. The number of aromatic nitrogens is 2. The number of aryl methyl sites for hydroxylation is 1. The van der Waals surface area contributed by atoms with Crippen molar-refractivity contribution in [2.45, 2.75) is 6.92 Å². The van der Waals surface area contributed by atoms with Crippen LogP contribution < -0.4 is 5.32 Å². The SMILES string of the molecule is Cc1c(C(=O)Nc2ccn[nH]2)sc2ccc(F)cc12. The quantitative estimate of drug-likeness (QED) is 0.753. The zero-order valence-corrected chi connectivity index (χ0v) is 10.8. The van der Waals surface area contributed by atoms with E-state index in [-0.39, 0.29) is 11.7 Å². The summed E-state index contributed by atoms with van der Waals surface area (Å²) in [5.74, 6) is 0.0188. The molecule has 3 rings (SSSR count). The predicted octanol–water partition coefficient (Wildman–Crippen LogP) is 3.32. The molecule has 2 heterocycles. The van der Waals surface area contributed by atoms with Crippen molar-refractivity contribution in [1.29, 1.82) is 0 Å². The average molecular weight is 275 g/mol. The van der Waals surface area contributed by atoms with Crippen molar-refractivity contribution >= 4 is 33.1 Å². The lowest BCUT2D eigenvalue weighted by Crippen LogP contribution is -2.11. The molecule has 1 aromatic carbocycles. The van der Waals surface area contributed by atoms with E-state index in [9.17, 15) is 9.18 Å². The summed E-state index contributed by atoms with van der Waals surface area (Å²) in [6, 6.07) is 6.21. The Morgan fingerprint density at radius 3 is 3.00 bits per heavy atom. The van der Waals surface area contributed by atoms with E-state index in [2.05, 4.69) is 15.5 Å². The standard InChI is InChI=1S/C13H10FN3OS/c1-7-9-6-8(14)2-3-10(9)19-12(7)13(18)16-11-4-5-15-17-11/h2-6H,1H3,(H2,15,16,17,18). The molecule has 0 fully saturated rings. The number of thiophene rings is 1. The molecule has 2 N–H and O–H groups in total. The molecule has 3 aromatic rings. The molecular weight excluding hydrogens is 265 g/mol. The number of nitrogens with zero attached hydrogens (tertiary/aromatic N) is 1. The van der Waals surface area contributed by atoms with Gasteiger partial charge in [-0.3, -0.25) is 9.89 Å². The van der Waals surface area contributed by atoms with Gasteiger partial charge in [0.1, 0.15) is 11.6 Å². The van der Waals surface area contributed by atoms with Crippen molar-refractivity contribution < 1.29 is 9.18 Å². The number of hydrogen-bond acceptors (Lipinski definition) is 3. The van der Waals surface area contributed by atoms with Crippen molar-refractivity contribution in [3.63, 3.8) is 0 Å². The number of carbonyl (C=O) groups is 1. The van der Waals surface area contributed by atoms with Crippen molar-refractivity contribution in [1.82, 2.24) is 10.2 Å². The molecule has 0 saturated heterocycles. The van der Waals surface area contributed by atoms with Gasteiger partial charge in [-0.15, -0.1) is 11.3 Å². The number of H-pyrrole nitrogens is 1. The molecule has 0 aliphatic rings. The third-order valence-corrected chi connectivity index (χ3v) is 4.13. The first-order valence-corrected chi connectivity index (χ1v) is 6.46. The number of rotatable bonds is 2. The monoisotopic (exact) mass is 275 g/mol. The largest absolute Gasteiger partial charge is 0.306 e. The van der Waals surface area contributed by atoms with Crippen LogP contribution in [0.3, 0.4) is 0 Å². The van der Waals surface area contributed by atoms with Crippen LogP contribution in [0.1, 0.15) is 15.2 Å². The van der Waals surface area contributed by atoms with E-state index >= 15 is 0 Å². The topological polar surface area (TPSA) is 57.8 Å². The summed E-state index contributed by atoms with van der Waals surface area (Å²) in [4.78, 5) is 12.7. The molecule has 96 valence electrons. The molecule has 2 aromatic heterocycles. The van der Waals surface area contributed by atoms with E-state index in [1.54, 1.807) is 18.3 Å². The molecule has 1 amide bonds. The van der Waals surface area contributed by atoms with Gasteiger partial charge in [0.2, 0.25) is 0 Å². The number of nitrogens with one attached hydrogen (secondary N) is 2. The average Bonchev–Trinajstić information content (AvgIpc) is 2.98. The second-order valence-electron chi connectivity index (χ2n) is 4.12. The van der Waals surface area contributed by atoms with E-state index < -0.39 is 0 Å². The number of amides is 1. The van der Waals surface area contributed by atoms with Gasteiger partial charge in [-0.2, -0.15) is 5.10 Å². The molecule has 0 aliphatic heterocycles. The van der Waals surface area contributed by atoms with E-state index in [0.29, 0.717) is 10.7 Å². The van der Waals surface area contributed by atoms with Crippen LogP contribution in [0.25, 0.3) is 10.1 Å². The number of aromatic amines is 1. The zero-order chi connectivity index (χ0) is 13.4. The molecular formula is C13H10FN3OS. The number of benzene rings is 1. The van der Waals surface area contributed by atoms with Crippen molar-refractivity contribution in [3.05, 3.63) is 46.7 Å². The summed E-state index contributed by atoms with van der Waals surface area (Å²) >= 11 is 1.35. The van der Waals surface area contributed by atoms with Gasteiger partial charge >= 0.3 is 0 Å². The lowest BCUT2D eigenvalue weighted by Gasteiger charge is -2.00. The fraction of sp³-hybridized carbons (Fsp3) is 0.0769. The molecule has 4 nitrogen and oxygen atoms in total. The van der Waals surface area contributed by atoms with E-state index in [4.69, 9.17) is 0 Å². The maximum absolute atomic E-state index is 13.2. The van der Waals surface area contributed by atoms with Gasteiger partial charge in [-0.05, 0) is 36.1 Å². The van der Waals surface area contributed by atoms with E-state index in [0.717, 1.165) is 15.6 Å². The maximum Gasteiger partial charge on any atom is 0.267 e. The minimum absolute atomic E-state index is 0.219. The van der Waals surface area contributed by atoms with Gasteiger partial charge in [0.15, 0.2) is 0 Å². The number of hydrogen-bond donors (Lipinski definition) is 2. The van der Waals surface area contributed by atoms with Crippen LogP contribution >= 0.6 is 11.3 Å². The summed E-state index contributed by atoms with van der Waals surface area (Å²) in [6.45, 7) is 1.82. The van der Waals surface area contributed by atoms with Gasteiger partial charge < -0.3 is 5.32 Å². The first-order chi connectivity index (χ1) is 9.15. The molecule has 0 unspecified atom stereocenters. The lowest BCUT2D eigenvalue weighted by molar-refractivity contribution is 0.102. The fourth-order valence-corrected chi connectivity index (χ4v) is 3.00. The Morgan fingerprint density at radius 1 is 1.42 bits per heavy atom. The first-order valence-electron chi connectivity index (χ1n) is 5.64. The van der Waals surface area contributed by atoms with E-state index in [1.807, 2.05) is 6.92 Å². The van der Waals surface area contributed by atoms with Gasteiger partial charge in [0.25, 0.3) is 5.91 Å². The maximum atomic E-state index is 13.2. The third-order valence-electron chi connectivity index (χ3n) is 2.85. The van der Waals surface area contributed by atoms with Crippen LogP contribution in [0, 0.1) is 12.7 Å². The van der Waals surface area contributed by atoms with Crippen LogP contribution in [-0.2, 0) is 0 Å². The number of anilines is 1. The Labute approximate surface area is 112 Å². The van der Waals surface area contributed by atoms with Gasteiger partial charge in [-0.1, -0.05) is 0 Å². The Morgan fingerprint density at radius 2 is 2.26 bits per heavy atom. The molecule has 0 atom stereocenters. The van der Waals surface area contributed by atoms with Gasteiger partial charge in [0, 0.05) is 10.8 Å². The van der Waals surface area contributed by atoms with Crippen molar-refractivity contribution in [3.8, 4) is 0 Å². The zero-order valence-electron chi connectivity index (χ0n) is 10.0. The highest BCUT2D eigenvalue weighted by atomic mass is 32.1. The number of carbonyl (C=O) groups excluding carboxylic acids is 1. The van der Waals surface area contributed by atoms with Crippen LogP contribution in [0.2, 0.25) is 0 Å². The highest BCUT2D eigenvalue weighted by Gasteiger charge is 2.16. The van der Waals surface area contributed by atoms with Crippen molar-refractivity contribution in [2.75, 3.05) is 5.32 Å². The summed E-state index contributed by atoms with van der Waals surface area (Å²) in [6.07, 6.45) is 1.56. The van der Waals surface area contributed by atoms with Crippen LogP contribution in [-0.4, -0.2) is 16.1 Å². The Balaban J connectivity index is 2.00. The summed E-state index contributed by atoms with van der Waals surface area (Å²) in [7, 11) is 0.